The number of nitrogens with zero attached hydrogens (tertiary/aromatic N) is 3. The molecule has 0 radical (unpaired) electrons. The maximum atomic E-state index is 13.1. The Morgan fingerprint density at radius 2 is 1.73 bits per heavy atom. The summed E-state index contributed by atoms with van der Waals surface area (Å²) in [6.07, 6.45) is 3.43. The molecule has 0 saturated carbocycles. The molecule has 2 aromatic carbocycles. The van der Waals surface area contributed by atoms with Crippen molar-refractivity contribution in [1.82, 2.24) is 14.3 Å². The third-order valence-electron chi connectivity index (χ3n) is 5.20. The lowest BCUT2D eigenvalue weighted by molar-refractivity contribution is -0.116. The van der Waals surface area contributed by atoms with Gasteiger partial charge in [0, 0.05) is 11.9 Å². The van der Waals surface area contributed by atoms with Crippen molar-refractivity contribution in [3.8, 4) is 5.69 Å². The quantitative estimate of drug-likeness (QED) is 0.533. The number of anilines is 1. The topological polar surface area (TPSA) is 68.9 Å². The predicted molar refractivity (Wildman–Crippen MR) is 119 cm³/mol. The maximum Gasteiger partial charge on any atom is 0.280 e. The van der Waals surface area contributed by atoms with Gasteiger partial charge in [-0.05, 0) is 60.4 Å². The minimum atomic E-state index is -0.220. The molecule has 0 saturated heterocycles. The van der Waals surface area contributed by atoms with Gasteiger partial charge in [0.2, 0.25) is 5.91 Å². The predicted octanol–water partition coefficient (Wildman–Crippen LogP) is 3.95. The molecule has 4 aromatic rings. The van der Waals surface area contributed by atoms with Gasteiger partial charge in [-0.15, -0.1) is 0 Å². The average Bonchev–Trinajstić information content (AvgIpc) is 3.06. The highest BCUT2D eigenvalue weighted by atomic mass is 16.2. The largest absolute Gasteiger partial charge is 0.324 e. The number of carbonyl (C=O) groups is 1. The van der Waals surface area contributed by atoms with Crippen molar-refractivity contribution < 1.29 is 4.79 Å². The number of hydrogen-bond donors (Lipinski definition) is 1. The molecule has 6 nitrogen and oxygen atoms in total. The normalized spacial score (nSPS) is 11.0. The number of hydrogen-bond acceptors (Lipinski definition) is 3. The lowest BCUT2D eigenvalue weighted by atomic mass is 10.1. The average molecular weight is 400 g/mol. The smallest absolute Gasteiger partial charge is 0.280 e. The Hall–Kier alpha value is -3.67. The van der Waals surface area contributed by atoms with Gasteiger partial charge in [0.25, 0.3) is 5.56 Å². The fraction of sp³-hybridized carbons (Fsp3) is 0.208. The van der Waals surface area contributed by atoms with E-state index in [2.05, 4.69) is 24.1 Å². The van der Waals surface area contributed by atoms with Crippen LogP contribution >= 0.6 is 0 Å². The molecule has 0 unspecified atom stereocenters. The number of benzene rings is 2. The first-order valence-corrected chi connectivity index (χ1v) is 10.2. The van der Waals surface area contributed by atoms with Crippen LogP contribution in [0.15, 0.2) is 71.7 Å². The Morgan fingerprint density at radius 1 is 0.967 bits per heavy atom. The van der Waals surface area contributed by atoms with E-state index in [0.717, 1.165) is 29.8 Å². The molecule has 0 spiro atoms. The molecule has 0 aliphatic heterocycles. The third-order valence-corrected chi connectivity index (χ3v) is 5.20. The molecule has 6 heteroatoms. The lowest BCUT2D eigenvalue weighted by Crippen LogP contribution is -2.27. The zero-order valence-corrected chi connectivity index (χ0v) is 17.1. The molecule has 0 aliphatic rings. The first-order chi connectivity index (χ1) is 14.6. The van der Waals surface area contributed by atoms with Crippen molar-refractivity contribution in [2.24, 2.45) is 0 Å². The first kappa shape index (κ1) is 19.6. The molecular formula is C24H24N4O2. The van der Waals surface area contributed by atoms with Crippen LogP contribution in [0.25, 0.3) is 16.7 Å². The van der Waals surface area contributed by atoms with Gasteiger partial charge in [-0.25, -0.2) is 9.67 Å². The van der Waals surface area contributed by atoms with E-state index in [9.17, 15) is 9.59 Å². The van der Waals surface area contributed by atoms with Crippen LogP contribution in [0.1, 0.15) is 25.0 Å². The number of fused-ring (bicyclic) bond motifs is 1. The highest BCUT2D eigenvalue weighted by Crippen LogP contribution is 2.16. The zero-order chi connectivity index (χ0) is 21.1. The molecule has 2 heterocycles. The standard InChI is InChI=1S/C24H24N4O2/c1-3-17-10-12-19(13-11-17)26-22(29)16-27-23-21(9-6-14-25-23)24(30)28(27)20-8-5-7-18(4-2)15-20/h5-15H,3-4,16H2,1-2H3,(H,26,29). The molecule has 152 valence electrons. The van der Waals surface area contributed by atoms with Crippen LogP contribution in [0.4, 0.5) is 5.69 Å². The number of amides is 1. The number of aromatic nitrogens is 3. The van der Waals surface area contributed by atoms with Gasteiger partial charge in [-0.3, -0.25) is 14.3 Å². The summed E-state index contributed by atoms with van der Waals surface area (Å²) in [5, 5.41) is 3.40. The van der Waals surface area contributed by atoms with Crippen molar-refractivity contribution in [2.75, 3.05) is 5.32 Å². The summed E-state index contributed by atoms with van der Waals surface area (Å²) in [5.74, 6) is -0.220. The molecule has 30 heavy (non-hydrogen) atoms. The van der Waals surface area contributed by atoms with Crippen LogP contribution in [0.3, 0.4) is 0 Å². The molecule has 0 atom stereocenters. The van der Waals surface area contributed by atoms with Crippen LogP contribution in [0.5, 0.6) is 0 Å². The summed E-state index contributed by atoms with van der Waals surface area (Å²) in [6, 6.07) is 19.0. The second-order valence-corrected chi connectivity index (χ2v) is 7.17. The molecule has 0 bridgehead atoms. The second-order valence-electron chi connectivity index (χ2n) is 7.17. The van der Waals surface area contributed by atoms with Crippen LogP contribution in [0.2, 0.25) is 0 Å². The molecule has 0 aliphatic carbocycles. The molecule has 2 aromatic heterocycles. The van der Waals surface area contributed by atoms with E-state index in [4.69, 9.17) is 0 Å². The van der Waals surface area contributed by atoms with E-state index < -0.39 is 0 Å². The lowest BCUT2D eigenvalue weighted by Gasteiger charge is -2.13. The minimum absolute atomic E-state index is 0.0262. The van der Waals surface area contributed by atoms with Crippen LogP contribution in [-0.4, -0.2) is 20.3 Å². The van der Waals surface area contributed by atoms with Gasteiger partial charge >= 0.3 is 0 Å². The summed E-state index contributed by atoms with van der Waals surface area (Å²) in [6.45, 7) is 4.13. The number of aryl methyl sites for hydroxylation is 2. The fourth-order valence-electron chi connectivity index (χ4n) is 3.56. The fourth-order valence-corrected chi connectivity index (χ4v) is 3.56. The molecule has 4 rings (SSSR count). The Bertz CT molecular complexity index is 1250. The maximum absolute atomic E-state index is 13.1. The van der Waals surface area contributed by atoms with Crippen molar-refractivity contribution in [2.45, 2.75) is 33.2 Å². The first-order valence-electron chi connectivity index (χ1n) is 10.2. The van der Waals surface area contributed by atoms with Gasteiger partial charge in [-0.2, -0.15) is 0 Å². The van der Waals surface area contributed by atoms with Crippen molar-refractivity contribution in [3.05, 3.63) is 88.3 Å². The second kappa shape index (κ2) is 8.37. The SMILES string of the molecule is CCc1ccc(NC(=O)Cn2c3ncccc3c(=O)n2-c2cccc(CC)c2)cc1. The Labute approximate surface area is 174 Å². The van der Waals surface area contributed by atoms with E-state index in [0.29, 0.717) is 11.0 Å². The van der Waals surface area contributed by atoms with Crippen LogP contribution in [-0.2, 0) is 24.2 Å². The Kier molecular flexibility index (Phi) is 5.48. The summed E-state index contributed by atoms with van der Waals surface area (Å²) >= 11 is 0. The monoisotopic (exact) mass is 400 g/mol. The van der Waals surface area contributed by atoms with Crippen LogP contribution < -0.4 is 10.9 Å². The molecule has 0 fully saturated rings. The third kappa shape index (κ3) is 3.76. The van der Waals surface area contributed by atoms with Crippen molar-refractivity contribution >= 4 is 22.6 Å². The zero-order valence-electron chi connectivity index (χ0n) is 17.1. The summed E-state index contributed by atoms with van der Waals surface area (Å²) in [5.41, 5.74) is 4.07. The highest BCUT2D eigenvalue weighted by Gasteiger charge is 2.18. The number of rotatable bonds is 6. The van der Waals surface area contributed by atoms with Gasteiger partial charge in [-0.1, -0.05) is 38.1 Å². The molecular weight excluding hydrogens is 376 g/mol. The number of pyridine rings is 1. The van der Waals surface area contributed by atoms with E-state index in [-0.39, 0.29) is 18.0 Å². The van der Waals surface area contributed by atoms with E-state index >= 15 is 0 Å². The van der Waals surface area contributed by atoms with Crippen molar-refractivity contribution in [1.29, 1.82) is 0 Å². The van der Waals surface area contributed by atoms with E-state index in [1.165, 1.54) is 10.2 Å². The summed E-state index contributed by atoms with van der Waals surface area (Å²) in [4.78, 5) is 30.3. The Balaban J connectivity index is 1.73. The minimum Gasteiger partial charge on any atom is -0.324 e. The molecule has 1 N–H and O–H groups in total. The highest BCUT2D eigenvalue weighted by molar-refractivity contribution is 5.91. The van der Waals surface area contributed by atoms with Crippen LogP contribution in [0, 0.1) is 0 Å². The van der Waals surface area contributed by atoms with E-state index in [1.54, 1.807) is 23.0 Å². The van der Waals surface area contributed by atoms with Gasteiger partial charge < -0.3 is 5.32 Å². The molecule has 1 amide bonds. The number of nitrogens with one attached hydrogen (secondary N) is 1. The summed E-state index contributed by atoms with van der Waals surface area (Å²) < 4.78 is 3.18. The van der Waals surface area contributed by atoms with E-state index in [1.807, 2.05) is 48.5 Å². The Morgan fingerprint density at radius 3 is 2.47 bits per heavy atom. The van der Waals surface area contributed by atoms with Crippen molar-refractivity contribution in [3.63, 3.8) is 0 Å². The summed E-state index contributed by atoms with van der Waals surface area (Å²) in [7, 11) is 0. The number of carbonyl (C=O) groups excluding carboxylic acids is 1. The van der Waals surface area contributed by atoms with Gasteiger partial charge in [0.15, 0.2) is 5.65 Å². The van der Waals surface area contributed by atoms with Gasteiger partial charge in [0.1, 0.15) is 6.54 Å². The van der Waals surface area contributed by atoms with Gasteiger partial charge in [0.05, 0.1) is 11.1 Å².